The highest BCUT2D eigenvalue weighted by Crippen LogP contribution is 2.32. The number of benzene rings is 3. The van der Waals surface area contributed by atoms with E-state index in [1.165, 1.54) is 12.1 Å². The van der Waals surface area contributed by atoms with Gasteiger partial charge in [-0.2, -0.15) is 0 Å². The van der Waals surface area contributed by atoms with Crippen molar-refractivity contribution in [3.63, 3.8) is 0 Å². The van der Waals surface area contributed by atoms with Gasteiger partial charge in [0.25, 0.3) is 11.6 Å². The third-order valence-electron chi connectivity index (χ3n) is 6.06. The first-order valence-electron chi connectivity index (χ1n) is 11.0. The van der Waals surface area contributed by atoms with Crippen molar-refractivity contribution >= 4 is 42.1 Å². The number of hydrogen-bond donors (Lipinski definition) is 1. The zero-order chi connectivity index (χ0) is 23.5. The summed E-state index contributed by atoms with van der Waals surface area (Å²) in [6, 6.07) is 22.5. The fourth-order valence-electron chi connectivity index (χ4n) is 4.38. The Morgan fingerprint density at radius 3 is 2.44 bits per heavy atom. The van der Waals surface area contributed by atoms with Crippen molar-refractivity contribution in [3.05, 3.63) is 112 Å². The quantitative estimate of drug-likeness (QED) is 0.274. The van der Waals surface area contributed by atoms with E-state index in [-0.39, 0.29) is 42.0 Å². The number of fused-ring (bicyclic) bond motifs is 1. The molecule has 2 heterocycles. The van der Waals surface area contributed by atoms with Gasteiger partial charge in [-0.05, 0) is 34.9 Å². The zero-order valence-corrected chi connectivity index (χ0v) is 20.9. The van der Waals surface area contributed by atoms with E-state index < -0.39 is 4.92 Å². The van der Waals surface area contributed by atoms with Gasteiger partial charge < -0.3 is 14.8 Å². The van der Waals surface area contributed by atoms with Crippen LogP contribution in [-0.4, -0.2) is 38.8 Å². The number of aromatic nitrogens is 2. The molecule has 0 unspecified atom stereocenters. The highest BCUT2D eigenvalue weighted by Gasteiger charge is 2.28. The third-order valence-corrected chi connectivity index (χ3v) is 6.06. The maximum atomic E-state index is 13.5. The predicted molar refractivity (Wildman–Crippen MR) is 144 cm³/mol. The standard InChI is InChI=1S/C26H23N5O3.2ClH/c32-26(23-8-4-5-9-25(23)31(33)34)30-13-12-29(17-22-15-27-18-28-22)24-11-10-20(14-21(24)16-30)19-6-2-1-3-7-19;;/h1-11,14-15,18H,12-13,16-17H2,(H,27,28);2*1H. The monoisotopic (exact) mass is 525 g/mol. The summed E-state index contributed by atoms with van der Waals surface area (Å²) in [4.78, 5) is 35.6. The summed E-state index contributed by atoms with van der Waals surface area (Å²) in [5.74, 6) is -0.341. The molecule has 5 rings (SSSR count). The molecule has 0 spiro atoms. The molecule has 1 aliphatic rings. The second-order valence-corrected chi connectivity index (χ2v) is 8.21. The third kappa shape index (κ3) is 5.50. The molecule has 1 N–H and O–H groups in total. The number of carbonyl (C=O) groups excluding carboxylic acids is 1. The fraction of sp³-hybridized carbons (Fsp3) is 0.154. The first kappa shape index (κ1) is 26.7. The molecular formula is C26H25Cl2N5O3. The molecule has 1 aromatic heterocycles. The van der Waals surface area contributed by atoms with Crippen LogP contribution >= 0.6 is 24.8 Å². The van der Waals surface area contributed by atoms with Crippen LogP contribution < -0.4 is 4.90 Å². The summed E-state index contributed by atoms with van der Waals surface area (Å²) in [5, 5.41) is 11.5. The Hall–Kier alpha value is -3.88. The Kier molecular flexibility index (Phi) is 8.68. The molecule has 36 heavy (non-hydrogen) atoms. The van der Waals surface area contributed by atoms with Crippen LogP contribution in [0.25, 0.3) is 11.1 Å². The van der Waals surface area contributed by atoms with Gasteiger partial charge in [0.2, 0.25) is 0 Å². The fourth-order valence-corrected chi connectivity index (χ4v) is 4.38. The minimum Gasteiger partial charge on any atom is -0.364 e. The van der Waals surface area contributed by atoms with Gasteiger partial charge in [0.15, 0.2) is 0 Å². The number of nitrogens with one attached hydrogen (secondary N) is 1. The minimum absolute atomic E-state index is 0. The van der Waals surface area contributed by atoms with Gasteiger partial charge in [-0.1, -0.05) is 48.5 Å². The molecule has 0 fully saturated rings. The van der Waals surface area contributed by atoms with Gasteiger partial charge >= 0.3 is 0 Å². The summed E-state index contributed by atoms with van der Waals surface area (Å²) in [6.07, 6.45) is 3.44. The Labute approximate surface area is 220 Å². The van der Waals surface area contributed by atoms with Gasteiger partial charge in [-0.15, -0.1) is 24.8 Å². The smallest absolute Gasteiger partial charge is 0.282 e. The lowest BCUT2D eigenvalue weighted by Crippen LogP contribution is -2.35. The van der Waals surface area contributed by atoms with Crippen molar-refractivity contribution < 1.29 is 9.72 Å². The van der Waals surface area contributed by atoms with Gasteiger partial charge in [-0.3, -0.25) is 14.9 Å². The molecule has 0 radical (unpaired) electrons. The maximum absolute atomic E-state index is 13.5. The van der Waals surface area contributed by atoms with E-state index >= 15 is 0 Å². The number of nitro groups is 1. The number of nitrogens with zero attached hydrogens (tertiary/aromatic N) is 4. The number of aromatic amines is 1. The summed E-state index contributed by atoms with van der Waals surface area (Å²) in [5.41, 5.74) is 5.07. The molecule has 186 valence electrons. The van der Waals surface area contributed by atoms with Crippen LogP contribution in [0, 0.1) is 10.1 Å². The number of halogens is 2. The van der Waals surface area contributed by atoms with Crippen LogP contribution in [0.2, 0.25) is 0 Å². The van der Waals surface area contributed by atoms with E-state index in [4.69, 9.17) is 0 Å². The molecule has 3 aromatic carbocycles. The van der Waals surface area contributed by atoms with Gasteiger partial charge in [0.05, 0.1) is 23.5 Å². The van der Waals surface area contributed by atoms with E-state index in [0.29, 0.717) is 26.2 Å². The molecule has 1 aliphatic heterocycles. The second-order valence-electron chi connectivity index (χ2n) is 8.21. The van der Waals surface area contributed by atoms with Crippen LogP contribution in [0.1, 0.15) is 21.6 Å². The molecule has 4 aromatic rings. The largest absolute Gasteiger partial charge is 0.364 e. The molecule has 0 bridgehead atoms. The van der Waals surface area contributed by atoms with Crippen LogP contribution in [-0.2, 0) is 13.1 Å². The molecule has 10 heteroatoms. The van der Waals surface area contributed by atoms with Crippen LogP contribution in [0.4, 0.5) is 11.4 Å². The van der Waals surface area contributed by atoms with Crippen molar-refractivity contribution in [1.82, 2.24) is 14.9 Å². The molecule has 0 saturated carbocycles. The number of anilines is 1. The number of carbonyl (C=O) groups is 1. The lowest BCUT2D eigenvalue weighted by molar-refractivity contribution is -0.385. The normalized spacial score (nSPS) is 12.6. The number of nitro benzene ring substituents is 1. The molecular weight excluding hydrogens is 501 g/mol. The molecule has 0 aliphatic carbocycles. The lowest BCUT2D eigenvalue weighted by atomic mass is 10.0. The van der Waals surface area contributed by atoms with E-state index in [0.717, 1.165) is 28.1 Å². The van der Waals surface area contributed by atoms with Crippen LogP contribution in [0.3, 0.4) is 0 Å². The van der Waals surface area contributed by atoms with Gasteiger partial charge in [-0.25, -0.2) is 4.98 Å². The highest BCUT2D eigenvalue weighted by atomic mass is 35.5. The zero-order valence-electron chi connectivity index (χ0n) is 19.2. The van der Waals surface area contributed by atoms with E-state index in [1.807, 2.05) is 18.2 Å². The number of rotatable bonds is 5. The molecule has 0 atom stereocenters. The molecule has 0 saturated heterocycles. The van der Waals surface area contributed by atoms with Crippen molar-refractivity contribution in [2.45, 2.75) is 13.1 Å². The summed E-state index contributed by atoms with van der Waals surface area (Å²) >= 11 is 0. The Balaban J connectivity index is 0.00000180. The topological polar surface area (TPSA) is 95.4 Å². The molecule has 8 nitrogen and oxygen atoms in total. The predicted octanol–water partition coefficient (Wildman–Crippen LogP) is 5.49. The highest BCUT2D eigenvalue weighted by molar-refractivity contribution is 5.98. The van der Waals surface area contributed by atoms with E-state index in [9.17, 15) is 14.9 Å². The number of para-hydroxylation sites is 1. The first-order valence-corrected chi connectivity index (χ1v) is 11.0. The summed E-state index contributed by atoms with van der Waals surface area (Å²) < 4.78 is 0. The van der Waals surface area contributed by atoms with Gasteiger partial charge in [0.1, 0.15) is 5.56 Å². The number of H-pyrrole nitrogens is 1. The van der Waals surface area contributed by atoms with Crippen molar-refractivity contribution in [2.75, 3.05) is 18.0 Å². The first-order chi connectivity index (χ1) is 16.6. The summed E-state index contributed by atoms with van der Waals surface area (Å²) in [6.45, 7) is 2.00. The lowest BCUT2D eigenvalue weighted by Gasteiger charge is -2.24. The Morgan fingerprint density at radius 1 is 0.972 bits per heavy atom. The number of imidazole rings is 1. The summed E-state index contributed by atoms with van der Waals surface area (Å²) in [7, 11) is 0. The SMILES string of the molecule is Cl.Cl.O=C(c1ccccc1[N+](=O)[O-])N1CCN(Cc2cnc[nH]2)c2ccc(-c3ccccc3)cc2C1. The number of amides is 1. The maximum Gasteiger partial charge on any atom is 0.282 e. The average molecular weight is 526 g/mol. The van der Waals surface area contributed by atoms with Crippen LogP contribution in [0.5, 0.6) is 0 Å². The minimum atomic E-state index is -0.503. The van der Waals surface area contributed by atoms with E-state index in [2.05, 4.69) is 45.2 Å². The van der Waals surface area contributed by atoms with Crippen molar-refractivity contribution in [1.29, 1.82) is 0 Å². The Bertz CT molecular complexity index is 1330. The molecule has 1 amide bonds. The van der Waals surface area contributed by atoms with Crippen molar-refractivity contribution in [3.8, 4) is 11.1 Å². The van der Waals surface area contributed by atoms with Crippen LogP contribution in [0.15, 0.2) is 85.3 Å². The van der Waals surface area contributed by atoms with E-state index in [1.54, 1.807) is 29.6 Å². The average Bonchev–Trinajstić information content (AvgIpc) is 3.32. The van der Waals surface area contributed by atoms with Gasteiger partial charge in [0, 0.05) is 37.6 Å². The van der Waals surface area contributed by atoms with Crippen molar-refractivity contribution in [2.24, 2.45) is 0 Å². The second kappa shape index (κ2) is 11.7. The number of hydrogen-bond acceptors (Lipinski definition) is 5. The Morgan fingerprint density at radius 2 is 1.72 bits per heavy atom.